The summed E-state index contributed by atoms with van der Waals surface area (Å²) < 4.78 is 1.71. The molecular weight excluding hydrogens is 428 g/mol. The quantitative estimate of drug-likeness (QED) is 0.339. The maximum absolute atomic E-state index is 13.2. The Labute approximate surface area is 190 Å². The van der Waals surface area contributed by atoms with Crippen LogP contribution in [0, 0.1) is 25.2 Å². The zero-order valence-corrected chi connectivity index (χ0v) is 19.7. The summed E-state index contributed by atoms with van der Waals surface area (Å²) in [5.74, 6) is 0.0367. The fourth-order valence-corrected chi connectivity index (χ4v) is 5.28. The third-order valence-electron chi connectivity index (χ3n) is 5.13. The van der Waals surface area contributed by atoms with E-state index in [0.29, 0.717) is 23.6 Å². The molecule has 0 aliphatic carbocycles. The highest BCUT2D eigenvalue weighted by atomic mass is 32.2. The summed E-state index contributed by atoms with van der Waals surface area (Å²) in [4.78, 5) is 34.5. The number of carbonyl (C=O) groups is 1. The molecule has 1 amide bonds. The maximum Gasteiger partial charge on any atom is 0.263 e. The van der Waals surface area contributed by atoms with E-state index in [1.807, 2.05) is 44.2 Å². The van der Waals surface area contributed by atoms with Gasteiger partial charge in [-0.15, -0.1) is 11.3 Å². The van der Waals surface area contributed by atoms with Crippen molar-refractivity contribution in [2.45, 2.75) is 51.7 Å². The Morgan fingerprint density at radius 3 is 2.71 bits per heavy atom. The molecule has 0 aliphatic rings. The zero-order chi connectivity index (χ0) is 22.4. The molecule has 0 atom stereocenters. The van der Waals surface area contributed by atoms with Crippen LogP contribution in [0.25, 0.3) is 10.2 Å². The van der Waals surface area contributed by atoms with Crippen LogP contribution in [0.3, 0.4) is 0 Å². The highest BCUT2D eigenvalue weighted by Crippen LogP contribution is 2.29. The summed E-state index contributed by atoms with van der Waals surface area (Å²) in [6.45, 7) is 6.96. The number of nitrogens with zero attached hydrogens (tertiary/aromatic N) is 4. The van der Waals surface area contributed by atoms with Gasteiger partial charge in [-0.25, -0.2) is 4.98 Å². The number of amides is 1. The van der Waals surface area contributed by atoms with Crippen molar-refractivity contribution in [1.82, 2.24) is 9.55 Å². The van der Waals surface area contributed by atoms with E-state index in [-0.39, 0.29) is 23.6 Å². The first-order valence-electron chi connectivity index (χ1n) is 10.3. The second-order valence-corrected chi connectivity index (χ2v) is 9.39. The molecule has 0 bridgehead atoms. The van der Waals surface area contributed by atoms with Crippen LogP contribution in [0.5, 0.6) is 0 Å². The third-order valence-corrected chi connectivity index (χ3v) is 7.19. The number of benzene rings is 1. The lowest BCUT2D eigenvalue weighted by Gasteiger charge is -2.22. The van der Waals surface area contributed by atoms with Crippen molar-refractivity contribution in [2.24, 2.45) is 0 Å². The van der Waals surface area contributed by atoms with Gasteiger partial charge in [0, 0.05) is 23.7 Å². The molecule has 31 heavy (non-hydrogen) atoms. The molecule has 0 fully saturated rings. The molecule has 0 radical (unpaired) electrons. The molecule has 0 saturated heterocycles. The minimum Gasteiger partial charge on any atom is -0.311 e. The second-order valence-electron chi connectivity index (χ2n) is 7.25. The number of hydrogen-bond donors (Lipinski definition) is 0. The zero-order valence-electron chi connectivity index (χ0n) is 18.1. The average molecular weight is 455 g/mol. The molecule has 162 valence electrons. The van der Waals surface area contributed by atoms with Gasteiger partial charge in [-0.2, -0.15) is 5.26 Å². The van der Waals surface area contributed by atoms with Crippen LogP contribution in [-0.4, -0.2) is 27.8 Å². The van der Waals surface area contributed by atoms with Gasteiger partial charge in [0.25, 0.3) is 5.56 Å². The third kappa shape index (κ3) is 5.17. The fraction of sp³-hybridized carbons (Fsp3) is 0.391. The lowest BCUT2D eigenvalue weighted by Crippen LogP contribution is -2.33. The van der Waals surface area contributed by atoms with Crippen molar-refractivity contribution in [3.63, 3.8) is 0 Å². The van der Waals surface area contributed by atoms with Crippen molar-refractivity contribution in [2.75, 3.05) is 17.2 Å². The Kier molecular flexibility index (Phi) is 7.88. The van der Waals surface area contributed by atoms with Crippen LogP contribution in [0.1, 0.15) is 36.6 Å². The molecule has 0 saturated carbocycles. The average Bonchev–Trinajstić information content (AvgIpc) is 3.06. The molecule has 0 aliphatic heterocycles. The molecule has 2 heterocycles. The van der Waals surface area contributed by atoms with Gasteiger partial charge in [0.2, 0.25) is 5.91 Å². The number of rotatable bonds is 9. The van der Waals surface area contributed by atoms with Crippen molar-refractivity contribution in [3.05, 3.63) is 51.1 Å². The highest BCUT2D eigenvalue weighted by molar-refractivity contribution is 7.99. The monoisotopic (exact) mass is 454 g/mol. The van der Waals surface area contributed by atoms with E-state index in [1.54, 1.807) is 9.47 Å². The van der Waals surface area contributed by atoms with E-state index in [1.165, 1.54) is 23.1 Å². The van der Waals surface area contributed by atoms with E-state index < -0.39 is 0 Å². The number of carbonyl (C=O) groups excluding carboxylic acids is 1. The summed E-state index contributed by atoms with van der Waals surface area (Å²) >= 11 is 2.81. The molecule has 3 rings (SSSR count). The number of para-hydroxylation sites is 1. The minimum atomic E-state index is -0.110. The number of fused-ring (bicyclic) bond motifs is 1. The van der Waals surface area contributed by atoms with Crippen molar-refractivity contribution >= 4 is 44.9 Å². The lowest BCUT2D eigenvalue weighted by molar-refractivity contribution is -0.116. The van der Waals surface area contributed by atoms with Gasteiger partial charge in [-0.3, -0.25) is 14.2 Å². The van der Waals surface area contributed by atoms with Crippen molar-refractivity contribution in [3.8, 4) is 6.07 Å². The van der Waals surface area contributed by atoms with Crippen LogP contribution in [-0.2, 0) is 11.3 Å². The molecule has 0 unspecified atom stereocenters. The van der Waals surface area contributed by atoms with Crippen LogP contribution in [0.2, 0.25) is 0 Å². The SMILES string of the molecule is CCCCn1c(SCC(=O)N(CCC#N)c2ccccc2)nc2sc(C)c(C)c2c1=O. The minimum absolute atomic E-state index is 0.0281. The molecule has 8 heteroatoms. The number of nitriles is 1. The lowest BCUT2D eigenvalue weighted by atomic mass is 10.2. The van der Waals surface area contributed by atoms with Crippen LogP contribution in [0.15, 0.2) is 40.3 Å². The van der Waals surface area contributed by atoms with E-state index in [9.17, 15) is 9.59 Å². The summed E-state index contributed by atoms with van der Waals surface area (Å²) in [5, 5.41) is 10.3. The van der Waals surface area contributed by atoms with Gasteiger partial charge in [0.1, 0.15) is 4.83 Å². The van der Waals surface area contributed by atoms with Gasteiger partial charge in [0.15, 0.2) is 5.16 Å². The predicted octanol–water partition coefficient (Wildman–Crippen LogP) is 4.91. The number of anilines is 1. The number of thiophene rings is 1. The van der Waals surface area contributed by atoms with E-state index in [2.05, 4.69) is 13.0 Å². The molecule has 3 aromatic rings. The number of thioether (sulfide) groups is 1. The molecule has 1 aromatic carbocycles. The highest BCUT2D eigenvalue weighted by Gasteiger charge is 2.20. The van der Waals surface area contributed by atoms with Crippen molar-refractivity contribution < 1.29 is 4.79 Å². The Morgan fingerprint density at radius 2 is 2.03 bits per heavy atom. The standard InChI is InChI=1S/C23H26N4O2S2/c1-4-5-13-27-22(29)20-16(2)17(3)31-21(20)25-23(27)30-15-19(28)26(14-9-12-24)18-10-7-6-8-11-18/h6-8,10-11H,4-5,9,13-15H2,1-3H3. The Hall–Kier alpha value is -2.63. The molecule has 2 aromatic heterocycles. The Morgan fingerprint density at radius 1 is 1.29 bits per heavy atom. The van der Waals surface area contributed by atoms with E-state index in [4.69, 9.17) is 10.2 Å². The smallest absolute Gasteiger partial charge is 0.263 e. The molecule has 6 nitrogen and oxygen atoms in total. The Balaban J connectivity index is 1.90. The van der Waals surface area contributed by atoms with Crippen LogP contribution < -0.4 is 10.5 Å². The Bertz CT molecular complexity index is 1160. The molecule has 0 spiro atoms. The summed E-state index contributed by atoms with van der Waals surface area (Å²) in [6, 6.07) is 11.5. The van der Waals surface area contributed by atoms with Gasteiger partial charge >= 0.3 is 0 Å². The first-order chi connectivity index (χ1) is 15.0. The normalized spacial score (nSPS) is 10.9. The van der Waals surface area contributed by atoms with E-state index >= 15 is 0 Å². The number of hydrogen-bond acceptors (Lipinski definition) is 6. The summed E-state index contributed by atoms with van der Waals surface area (Å²) in [7, 11) is 0. The summed E-state index contributed by atoms with van der Waals surface area (Å²) in [5.41, 5.74) is 1.72. The molecule has 0 N–H and O–H groups in total. The van der Waals surface area contributed by atoms with Gasteiger partial charge < -0.3 is 4.90 Å². The van der Waals surface area contributed by atoms with Gasteiger partial charge in [-0.05, 0) is 38.0 Å². The maximum atomic E-state index is 13.2. The van der Waals surface area contributed by atoms with Gasteiger partial charge in [0.05, 0.1) is 23.6 Å². The van der Waals surface area contributed by atoms with Crippen LogP contribution >= 0.6 is 23.1 Å². The first kappa shape index (κ1) is 23.0. The van der Waals surface area contributed by atoms with Crippen molar-refractivity contribution in [1.29, 1.82) is 5.26 Å². The molecular formula is C23H26N4O2S2. The van der Waals surface area contributed by atoms with Gasteiger partial charge in [-0.1, -0.05) is 43.3 Å². The largest absolute Gasteiger partial charge is 0.311 e. The second kappa shape index (κ2) is 10.6. The predicted molar refractivity (Wildman–Crippen MR) is 128 cm³/mol. The fourth-order valence-electron chi connectivity index (χ4n) is 3.30. The summed E-state index contributed by atoms with van der Waals surface area (Å²) in [6.07, 6.45) is 2.09. The number of aromatic nitrogens is 2. The number of unbranched alkanes of at least 4 members (excludes halogenated alkanes) is 1. The van der Waals surface area contributed by atoms with Crippen LogP contribution in [0.4, 0.5) is 5.69 Å². The first-order valence-corrected chi connectivity index (χ1v) is 12.1. The number of aryl methyl sites for hydroxylation is 2. The van der Waals surface area contributed by atoms with E-state index in [0.717, 1.165) is 33.8 Å². The topological polar surface area (TPSA) is 79.0 Å².